The summed E-state index contributed by atoms with van der Waals surface area (Å²) in [5.74, 6) is -0.182. The van der Waals surface area contributed by atoms with Crippen LogP contribution in [0.25, 0.3) is 0 Å². The molecule has 0 radical (unpaired) electrons. The van der Waals surface area contributed by atoms with E-state index < -0.39 is 12.0 Å². The lowest BCUT2D eigenvalue weighted by Crippen LogP contribution is -2.41. The predicted molar refractivity (Wildman–Crippen MR) is 96.0 cm³/mol. The molecule has 27 heavy (non-hydrogen) atoms. The van der Waals surface area contributed by atoms with E-state index in [1.807, 2.05) is 6.07 Å². The number of ether oxygens (including phenoxy) is 2. The van der Waals surface area contributed by atoms with Crippen LogP contribution >= 0.6 is 0 Å². The van der Waals surface area contributed by atoms with E-state index in [1.165, 1.54) is 19.6 Å². The highest BCUT2D eigenvalue weighted by molar-refractivity contribution is 5.95. The Kier molecular flexibility index (Phi) is 5.25. The lowest BCUT2D eigenvalue weighted by Gasteiger charge is -2.37. The SMILES string of the molecule is COc1cc2c(cc1OC)C(CC(=O)O)N(C(=O)c1cncnc1C)CC2. The standard InChI is InChI=1S/C19H21N3O5/c1-11-14(9-20-10-21-11)19(25)22-5-4-12-6-16(26-2)17(27-3)7-13(12)15(22)8-18(23)24/h6-7,9-10,15H,4-5,8H2,1-3H3,(H,23,24). The van der Waals surface area contributed by atoms with Crippen LogP contribution in [-0.2, 0) is 11.2 Å². The number of nitrogens with zero attached hydrogens (tertiary/aromatic N) is 3. The monoisotopic (exact) mass is 371 g/mol. The second-order valence-corrected chi connectivity index (χ2v) is 6.29. The Morgan fingerprint density at radius 1 is 1.26 bits per heavy atom. The van der Waals surface area contributed by atoms with Gasteiger partial charge in [-0.25, -0.2) is 9.97 Å². The summed E-state index contributed by atoms with van der Waals surface area (Å²) in [6.45, 7) is 2.13. The number of aromatic nitrogens is 2. The van der Waals surface area contributed by atoms with Crippen LogP contribution < -0.4 is 9.47 Å². The van der Waals surface area contributed by atoms with Gasteiger partial charge in [0.15, 0.2) is 11.5 Å². The third kappa shape index (κ3) is 3.55. The number of benzene rings is 1. The molecule has 1 aliphatic rings. The maximum atomic E-state index is 13.1. The van der Waals surface area contributed by atoms with Crippen LogP contribution in [0.4, 0.5) is 0 Å². The van der Waals surface area contributed by atoms with E-state index >= 15 is 0 Å². The molecular formula is C19H21N3O5. The summed E-state index contributed by atoms with van der Waals surface area (Å²) < 4.78 is 10.7. The quantitative estimate of drug-likeness (QED) is 0.858. The minimum Gasteiger partial charge on any atom is -0.493 e. The number of carbonyl (C=O) groups excluding carboxylic acids is 1. The first-order valence-electron chi connectivity index (χ1n) is 8.50. The van der Waals surface area contributed by atoms with Gasteiger partial charge >= 0.3 is 5.97 Å². The minimum atomic E-state index is -0.985. The van der Waals surface area contributed by atoms with Gasteiger partial charge in [0.1, 0.15) is 6.33 Å². The number of amides is 1. The van der Waals surface area contributed by atoms with Crippen molar-refractivity contribution >= 4 is 11.9 Å². The maximum absolute atomic E-state index is 13.1. The molecule has 1 aliphatic heterocycles. The molecule has 8 nitrogen and oxygen atoms in total. The van der Waals surface area contributed by atoms with Gasteiger partial charge < -0.3 is 19.5 Å². The summed E-state index contributed by atoms with van der Waals surface area (Å²) in [7, 11) is 3.07. The highest BCUT2D eigenvalue weighted by atomic mass is 16.5. The third-order valence-electron chi connectivity index (χ3n) is 4.77. The molecule has 142 valence electrons. The Balaban J connectivity index is 2.06. The van der Waals surface area contributed by atoms with Crippen LogP contribution in [0.15, 0.2) is 24.7 Å². The van der Waals surface area contributed by atoms with Crippen LogP contribution in [-0.4, -0.2) is 52.6 Å². The van der Waals surface area contributed by atoms with Crippen LogP contribution in [0.1, 0.15) is 39.6 Å². The Hall–Kier alpha value is -3.16. The van der Waals surface area contributed by atoms with Crippen molar-refractivity contribution in [3.05, 3.63) is 47.0 Å². The van der Waals surface area contributed by atoms with E-state index in [1.54, 1.807) is 25.0 Å². The number of carbonyl (C=O) groups is 2. The molecule has 1 aromatic carbocycles. The molecule has 8 heteroatoms. The number of aryl methyl sites for hydroxylation is 1. The second kappa shape index (κ2) is 7.61. The fourth-order valence-electron chi connectivity index (χ4n) is 3.41. The van der Waals surface area contributed by atoms with Gasteiger partial charge in [-0.3, -0.25) is 9.59 Å². The van der Waals surface area contributed by atoms with E-state index in [-0.39, 0.29) is 12.3 Å². The van der Waals surface area contributed by atoms with Crippen molar-refractivity contribution in [3.8, 4) is 11.5 Å². The molecule has 1 N–H and O–H groups in total. The Morgan fingerprint density at radius 2 is 1.96 bits per heavy atom. The van der Waals surface area contributed by atoms with Gasteiger partial charge in [0.25, 0.3) is 5.91 Å². The lowest BCUT2D eigenvalue weighted by atomic mass is 9.89. The normalized spacial score (nSPS) is 15.8. The summed E-state index contributed by atoms with van der Waals surface area (Å²) >= 11 is 0. The van der Waals surface area contributed by atoms with Crippen molar-refractivity contribution in [1.82, 2.24) is 14.9 Å². The number of methoxy groups -OCH3 is 2. The highest BCUT2D eigenvalue weighted by Gasteiger charge is 2.34. The maximum Gasteiger partial charge on any atom is 0.305 e. The molecule has 0 saturated heterocycles. The first-order chi connectivity index (χ1) is 13.0. The Labute approximate surface area is 156 Å². The van der Waals surface area contributed by atoms with E-state index in [0.717, 1.165) is 11.1 Å². The number of carboxylic acid groups (broad SMARTS) is 1. The molecule has 0 saturated carbocycles. The molecule has 0 bridgehead atoms. The molecule has 2 heterocycles. The highest BCUT2D eigenvalue weighted by Crippen LogP contribution is 2.40. The summed E-state index contributed by atoms with van der Waals surface area (Å²) in [6, 6.07) is 3.00. The van der Waals surface area contributed by atoms with Gasteiger partial charge in [-0.15, -0.1) is 0 Å². The first kappa shape index (κ1) is 18.6. The van der Waals surface area contributed by atoms with Crippen LogP contribution in [0.3, 0.4) is 0 Å². The van der Waals surface area contributed by atoms with Gasteiger partial charge in [-0.1, -0.05) is 0 Å². The molecule has 0 fully saturated rings. The van der Waals surface area contributed by atoms with Gasteiger partial charge in [-0.2, -0.15) is 0 Å². The Bertz CT molecular complexity index is 884. The summed E-state index contributed by atoms with van der Waals surface area (Å²) in [4.78, 5) is 34.2. The van der Waals surface area contributed by atoms with Crippen molar-refractivity contribution in [2.24, 2.45) is 0 Å². The van der Waals surface area contributed by atoms with Crippen molar-refractivity contribution in [2.45, 2.75) is 25.8 Å². The largest absolute Gasteiger partial charge is 0.493 e. The van der Waals surface area contributed by atoms with Crippen LogP contribution in [0.5, 0.6) is 11.5 Å². The Morgan fingerprint density at radius 3 is 2.59 bits per heavy atom. The molecule has 2 aromatic rings. The second-order valence-electron chi connectivity index (χ2n) is 6.29. The van der Waals surface area contributed by atoms with Crippen molar-refractivity contribution in [3.63, 3.8) is 0 Å². The van der Waals surface area contributed by atoms with Gasteiger partial charge in [0.2, 0.25) is 0 Å². The van der Waals surface area contributed by atoms with Crippen molar-refractivity contribution in [2.75, 3.05) is 20.8 Å². The number of fused-ring (bicyclic) bond motifs is 1. The zero-order chi connectivity index (χ0) is 19.6. The van der Waals surface area contributed by atoms with Gasteiger partial charge in [0.05, 0.1) is 37.9 Å². The summed E-state index contributed by atoms with van der Waals surface area (Å²) in [5.41, 5.74) is 2.63. The molecular weight excluding hydrogens is 350 g/mol. The van der Waals surface area contributed by atoms with E-state index in [2.05, 4.69) is 9.97 Å². The van der Waals surface area contributed by atoms with E-state index in [0.29, 0.717) is 35.7 Å². The molecule has 1 atom stereocenters. The van der Waals surface area contributed by atoms with E-state index in [9.17, 15) is 14.7 Å². The van der Waals surface area contributed by atoms with Gasteiger partial charge in [0, 0.05) is 12.7 Å². The molecule has 0 aliphatic carbocycles. The number of hydrogen-bond donors (Lipinski definition) is 1. The number of rotatable bonds is 5. The number of aliphatic carboxylic acids is 1. The molecule has 3 rings (SSSR count). The van der Waals surface area contributed by atoms with Crippen molar-refractivity contribution in [1.29, 1.82) is 0 Å². The summed E-state index contributed by atoms with van der Waals surface area (Å²) in [6.07, 6.45) is 3.22. The first-order valence-corrected chi connectivity index (χ1v) is 8.50. The molecule has 1 unspecified atom stereocenters. The smallest absolute Gasteiger partial charge is 0.305 e. The van der Waals surface area contributed by atoms with Crippen LogP contribution in [0.2, 0.25) is 0 Å². The average Bonchev–Trinajstić information content (AvgIpc) is 2.66. The topological polar surface area (TPSA) is 102 Å². The number of carboxylic acids is 1. The van der Waals surface area contributed by atoms with Crippen LogP contribution in [0, 0.1) is 6.92 Å². The fourth-order valence-corrected chi connectivity index (χ4v) is 3.41. The average molecular weight is 371 g/mol. The van der Waals surface area contributed by atoms with E-state index in [4.69, 9.17) is 9.47 Å². The fraction of sp³-hybridized carbons (Fsp3) is 0.368. The molecule has 1 aromatic heterocycles. The van der Waals surface area contributed by atoms with Gasteiger partial charge in [-0.05, 0) is 36.6 Å². The van der Waals surface area contributed by atoms with Crippen molar-refractivity contribution < 1.29 is 24.2 Å². The zero-order valence-corrected chi connectivity index (χ0v) is 15.4. The molecule has 0 spiro atoms. The minimum absolute atomic E-state index is 0.207. The predicted octanol–water partition coefficient (Wildman–Crippen LogP) is 2.02. The summed E-state index contributed by atoms with van der Waals surface area (Å²) in [5, 5.41) is 9.42. The lowest BCUT2D eigenvalue weighted by molar-refractivity contribution is -0.138. The molecule has 1 amide bonds. The zero-order valence-electron chi connectivity index (χ0n) is 15.4. The third-order valence-corrected chi connectivity index (χ3v) is 4.77. The number of hydrogen-bond acceptors (Lipinski definition) is 6.